The van der Waals surface area contributed by atoms with Crippen LogP contribution in [0.2, 0.25) is 0 Å². The number of pyridine rings is 2. The highest BCUT2D eigenvalue weighted by Gasteiger charge is 2.51. The van der Waals surface area contributed by atoms with E-state index >= 15 is 0 Å². The van der Waals surface area contributed by atoms with E-state index in [0.717, 1.165) is 6.07 Å². The molecule has 2 aliphatic rings. The summed E-state index contributed by atoms with van der Waals surface area (Å²) in [6, 6.07) is 6.60. The Labute approximate surface area is 207 Å². The van der Waals surface area contributed by atoms with Gasteiger partial charge in [0.2, 0.25) is 0 Å². The van der Waals surface area contributed by atoms with E-state index in [2.05, 4.69) is 15.1 Å². The first-order valence-corrected chi connectivity index (χ1v) is 11.5. The van der Waals surface area contributed by atoms with Crippen LogP contribution in [0.3, 0.4) is 0 Å². The van der Waals surface area contributed by atoms with Gasteiger partial charge in [0.25, 0.3) is 5.91 Å². The number of nitrogens with two attached hydrogens (primary N) is 1. The summed E-state index contributed by atoms with van der Waals surface area (Å²) < 4.78 is 46.0. The minimum Gasteiger partial charge on any atom is -0.443 e. The lowest BCUT2D eigenvalue weighted by Gasteiger charge is -2.38. The molecule has 10 nitrogen and oxygen atoms in total. The van der Waals surface area contributed by atoms with Gasteiger partial charge in [-0.1, -0.05) is 0 Å². The fourth-order valence-electron chi connectivity index (χ4n) is 4.79. The number of nitrogens with zero attached hydrogens (tertiary/aromatic N) is 6. The highest BCUT2D eigenvalue weighted by molar-refractivity contribution is 6.10. The van der Waals surface area contributed by atoms with E-state index in [-0.39, 0.29) is 29.9 Å². The van der Waals surface area contributed by atoms with Crippen molar-refractivity contribution in [1.82, 2.24) is 29.8 Å². The summed E-state index contributed by atoms with van der Waals surface area (Å²) in [7, 11) is 1.75. The molecule has 0 bridgehead atoms. The number of aryl methyl sites for hydroxylation is 1. The predicted octanol–water partition coefficient (Wildman–Crippen LogP) is 3.66. The highest BCUT2D eigenvalue weighted by atomic mass is 19.4. The molecule has 2 N–H and O–H groups in total. The molecule has 0 radical (unpaired) electrons. The average Bonchev–Trinajstić information content (AvgIpc) is 3.34. The first kappa shape index (κ1) is 23.0. The van der Waals surface area contributed by atoms with Gasteiger partial charge in [0, 0.05) is 24.2 Å². The Balaban J connectivity index is 1.41. The Morgan fingerprint density at radius 1 is 1.19 bits per heavy atom. The van der Waals surface area contributed by atoms with Gasteiger partial charge in [0.05, 0.1) is 46.5 Å². The summed E-state index contributed by atoms with van der Waals surface area (Å²) in [4.78, 5) is 34.9. The molecule has 6 rings (SSSR count). The molecule has 1 aromatic carbocycles. The second kappa shape index (κ2) is 8.05. The molecule has 1 saturated carbocycles. The van der Waals surface area contributed by atoms with E-state index in [9.17, 15) is 22.8 Å². The molecule has 4 aromatic rings. The largest absolute Gasteiger partial charge is 0.443 e. The number of amides is 2. The van der Waals surface area contributed by atoms with Crippen LogP contribution in [-0.4, -0.2) is 53.9 Å². The zero-order chi connectivity index (χ0) is 26.1. The van der Waals surface area contributed by atoms with Crippen LogP contribution in [0.25, 0.3) is 21.8 Å². The lowest BCUT2D eigenvalue weighted by molar-refractivity contribution is -0.137. The summed E-state index contributed by atoms with van der Waals surface area (Å²) in [6.07, 6.45) is -1.95. The molecule has 0 spiro atoms. The SMILES string of the molecule is Cn1ncc2c(N)nc3ccc(C(=O)N(Cc4ccc(C(F)(F)F)cn4)N4C(=O)O[C@@H]5CC[C@@H]54)cc3c21. The topological polar surface area (TPSA) is 119 Å². The Morgan fingerprint density at radius 3 is 2.65 bits per heavy atom. The predicted molar refractivity (Wildman–Crippen MR) is 125 cm³/mol. The van der Waals surface area contributed by atoms with Crippen molar-refractivity contribution in [3.8, 4) is 0 Å². The van der Waals surface area contributed by atoms with Crippen molar-refractivity contribution in [2.45, 2.75) is 37.7 Å². The third kappa shape index (κ3) is 3.69. The number of rotatable bonds is 4. The fourth-order valence-corrected chi connectivity index (χ4v) is 4.79. The minimum absolute atomic E-state index is 0.182. The number of ether oxygens (including phenoxy) is 1. The molecule has 1 aliphatic heterocycles. The number of halogens is 3. The average molecular weight is 511 g/mol. The maximum atomic E-state index is 13.9. The lowest BCUT2D eigenvalue weighted by atomic mass is 9.90. The summed E-state index contributed by atoms with van der Waals surface area (Å²) in [5.41, 5.74) is 6.82. The van der Waals surface area contributed by atoms with Crippen molar-refractivity contribution in [2.75, 3.05) is 5.73 Å². The van der Waals surface area contributed by atoms with E-state index < -0.39 is 23.7 Å². The molecule has 2 atom stereocenters. The standard InChI is InChI=1S/C24H20F3N7O3/c1-32-20-15-8-12(2-5-17(15)31-21(28)16(20)10-30-32)22(35)33(34-18-6-7-19(18)37-23(34)36)11-14-4-3-13(9-29-14)24(25,26)27/h2-5,8-10,18-19H,6-7,11H2,1H3,(H2,28,31)/t18-,19+/m0/s1. The van der Waals surface area contributed by atoms with Crippen LogP contribution in [0, 0.1) is 0 Å². The number of alkyl halides is 3. The quantitative estimate of drug-likeness (QED) is 0.444. The normalized spacial score (nSPS) is 19.1. The molecular formula is C24H20F3N7O3. The van der Waals surface area contributed by atoms with Crippen LogP contribution in [0.4, 0.5) is 23.8 Å². The van der Waals surface area contributed by atoms with E-state index in [0.29, 0.717) is 46.7 Å². The molecule has 37 heavy (non-hydrogen) atoms. The summed E-state index contributed by atoms with van der Waals surface area (Å²) in [5.74, 6) is -0.235. The first-order chi connectivity index (χ1) is 17.6. The van der Waals surface area contributed by atoms with Crippen molar-refractivity contribution < 1.29 is 27.5 Å². The van der Waals surface area contributed by atoms with Gasteiger partial charge in [-0.05, 0) is 43.2 Å². The number of fused-ring (bicyclic) bond motifs is 4. The zero-order valence-corrected chi connectivity index (χ0v) is 19.4. The molecule has 1 saturated heterocycles. The number of carbonyl (C=O) groups is 2. The highest BCUT2D eigenvalue weighted by Crippen LogP contribution is 2.37. The number of anilines is 1. The van der Waals surface area contributed by atoms with Gasteiger partial charge < -0.3 is 10.5 Å². The fraction of sp³-hybridized carbons (Fsp3) is 0.292. The van der Waals surface area contributed by atoms with Gasteiger partial charge in [0.1, 0.15) is 11.9 Å². The number of hydrogen-bond acceptors (Lipinski definition) is 7. The molecule has 2 fully saturated rings. The van der Waals surface area contributed by atoms with E-state index in [1.54, 1.807) is 36.1 Å². The Bertz CT molecular complexity index is 1570. The Morgan fingerprint density at radius 2 is 2.00 bits per heavy atom. The molecule has 0 unspecified atom stereocenters. The number of hydrogen-bond donors (Lipinski definition) is 1. The van der Waals surface area contributed by atoms with Crippen LogP contribution in [-0.2, 0) is 24.5 Å². The first-order valence-electron chi connectivity index (χ1n) is 11.5. The van der Waals surface area contributed by atoms with Crippen LogP contribution in [0.15, 0.2) is 42.7 Å². The van der Waals surface area contributed by atoms with Gasteiger partial charge in [-0.25, -0.2) is 19.8 Å². The minimum atomic E-state index is -4.54. The van der Waals surface area contributed by atoms with E-state index in [1.165, 1.54) is 16.1 Å². The summed E-state index contributed by atoms with van der Waals surface area (Å²) in [5, 5.41) is 7.94. The number of aromatic nitrogens is 4. The Hall–Kier alpha value is -4.42. The monoisotopic (exact) mass is 511 g/mol. The molecular weight excluding hydrogens is 491 g/mol. The van der Waals surface area contributed by atoms with E-state index in [1.807, 2.05) is 0 Å². The van der Waals surface area contributed by atoms with Crippen molar-refractivity contribution in [3.63, 3.8) is 0 Å². The molecule has 190 valence electrons. The second-order valence-corrected chi connectivity index (χ2v) is 9.07. The maximum absolute atomic E-state index is 13.9. The molecule has 3 aromatic heterocycles. The van der Waals surface area contributed by atoms with Gasteiger partial charge in [-0.15, -0.1) is 0 Å². The summed E-state index contributed by atoms with van der Waals surface area (Å²) >= 11 is 0. The van der Waals surface area contributed by atoms with Crippen LogP contribution in [0.1, 0.15) is 34.5 Å². The maximum Gasteiger partial charge on any atom is 0.429 e. The van der Waals surface area contributed by atoms with Gasteiger partial charge in [0.15, 0.2) is 0 Å². The van der Waals surface area contributed by atoms with Crippen molar-refractivity contribution in [3.05, 3.63) is 59.5 Å². The van der Waals surface area contributed by atoms with Crippen LogP contribution < -0.4 is 5.73 Å². The molecule has 2 amide bonds. The smallest absolute Gasteiger partial charge is 0.429 e. The van der Waals surface area contributed by atoms with Gasteiger partial charge >= 0.3 is 12.3 Å². The number of benzene rings is 1. The second-order valence-electron chi connectivity index (χ2n) is 9.07. The third-order valence-corrected chi connectivity index (χ3v) is 6.84. The summed E-state index contributed by atoms with van der Waals surface area (Å²) in [6.45, 7) is -0.228. The van der Waals surface area contributed by atoms with Gasteiger partial charge in [-0.2, -0.15) is 18.3 Å². The number of carbonyl (C=O) groups excluding carboxylic acids is 2. The van der Waals surface area contributed by atoms with Crippen LogP contribution in [0.5, 0.6) is 0 Å². The number of nitrogen functional groups attached to an aromatic ring is 1. The molecule has 4 heterocycles. The van der Waals surface area contributed by atoms with Crippen molar-refractivity contribution in [1.29, 1.82) is 0 Å². The van der Waals surface area contributed by atoms with Gasteiger partial charge in [-0.3, -0.25) is 14.5 Å². The van der Waals surface area contributed by atoms with Crippen molar-refractivity contribution >= 4 is 39.6 Å². The van der Waals surface area contributed by atoms with Crippen molar-refractivity contribution in [2.24, 2.45) is 7.05 Å². The number of hydrazine groups is 1. The lowest BCUT2D eigenvalue weighted by Crippen LogP contribution is -2.54. The molecule has 1 aliphatic carbocycles. The molecule has 13 heteroatoms. The third-order valence-electron chi connectivity index (χ3n) is 6.84. The zero-order valence-electron chi connectivity index (χ0n) is 19.4. The van der Waals surface area contributed by atoms with Crippen LogP contribution >= 0.6 is 0 Å². The van der Waals surface area contributed by atoms with E-state index in [4.69, 9.17) is 10.5 Å². The Kier molecular flexibility index (Phi) is 5.00.